The summed E-state index contributed by atoms with van der Waals surface area (Å²) >= 11 is 0. The minimum absolute atomic E-state index is 0.893. The zero-order valence-electron chi connectivity index (χ0n) is 5.54. The molecule has 8 heteroatoms. The fraction of sp³-hybridized carbons (Fsp3) is 0.750. The van der Waals surface area contributed by atoms with E-state index in [0.29, 0.717) is 0 Å². The summed E-state index contributed by atoms with van der Waals surface area (Å²) in [5.41, 5.74) is 7.81. The number of amides is 1. The maximum Gasteiger partial charge on any atom is 0.409 e. The van der Waals surface area contributed by atoms with Crippen LogP contribution in [0.15, 0.2) is 5.11 Å². The Labute approximate surface area is 64.2 Å². The summed E-state index contributed by atoms with van der Waals surface area (Å²) in [4.78, 5) is 12.5. The lowest BCUT2D eigenvalue weighted by atomic mass is 10.00. The molecule has 0 aromatic carbocycles. The summed E-state index contributed by atoms with van der Waals surface area (Å²) in [5, 5.41) is 4.30. The van der Waals surface area contributed by atoms with Gasteiger partial charge in [0.25, 0.3) is 0 Å². The normalized spacial score (nSPS) is 28.4. The Hall–Kier alpha value is -1.43. The second-order valence-electron chi connectivity index (χ2n) is 2.18. The van der Waals surface area contributed by atoms with Gasteiger partial charge < -0.3 is 5.32 Å². The van der Waals surface area contributed by atoms with Crippen molar-refractivity contribution in [2.45, 2.75) is 18.3 Å². The highest BCUT2D eigenvalue weighted by Gasteiger charge is 2.54. The predicted molar refractivity (Wildman–Crippen MR) is 30.9 cm³/mol. The first kappa shape index (κ1) is 8.66. The number of β-lactam (4-membered cyclic amide) rings is 1. The van der Waals surface area contributed by atoms with Crippen molar-refractivity contribution in [3.05, 3.63) is 10.4 Å². The average Bonchev–Trinajstić information content (AvgIpc) is 1.93. The fourth-order valence-corrected chi connectivity index (χ4v) is 0.808. The molecule has 0 saturated carbocycles. The van der Waals surface area contributed by atoms with E-state index in [0.717, 1.165) is 0 Å². The van der Waals surface area contributed by atoms with Crippen LogP contribution in [0.4, 0.5) is 13.2 Å². The van der Waals surface area contributed by atoms with E-state index in [1.165, 1.54) is 0 Å². The number of carbonyl (C=O) groups is 1. The summed E-state index contributed by atoms with van der Waals surface area (Å²) in [6, 6.07) is -3.67. The van der Waals surface area contributed by atoms with Crippen LogP contribution in [0.1, 0.15) is 0 Å². The monoisotopic (exact) mass is 180 g/mol. The van der Waals surface area contributed by atoms with Crippen molar-refractivity contribution < 1.29 is 18.0 Å². The van der Waals surface area contributed by atoms with Crippen LogP contribution in [-0.4, -0.2) is 24.2 Å². The van der Waals surface area contributed by atoms with E-state index in [1.807, 2.05) is 0 Å². The van der Waals surface area contributed by atoms with Crippen LogP contribution in [0.2, 0.25) is 0 Å². The van der Waals surface area contributed by atoms with Crippen molar-refractivity contribution >= 4 is 5.91 Å². The molecule has 0 aliphatic carbocycles. The molecule has 1 aliphatic heterocycles. The molecule has 0 bridgehead atoms. The maximum absolute atomic E-state index is 11.8. The van der Waals surface area contributed by atoms with Crippen molar-refractivity contribution in [3.63, 3.8) is 0 Å². The highest BCUT2D eigenvalue weighted by molar-refractivity contribution is 5.89. The Kier molecular flexibility index (Phi) is 1.85. The van der Waals surface area contributed by atoms with Gasteiger partial charge in [-0.25, -0.2) is 0 Å². The number of hydrogen-bond donors (Lipinski definition) is 1. The van der Waals surface area contributed by atoms with E-state index < -0.39 is 24.2 Å². The number of halogens is 3. The molecule has 1 rings (SSSR count). The first-order valence-electron chi connectivity index (χ1n) is 2.88. The number of hydrogen-bond acceptors (Lipinski definition) is 2. The second-order valence-corrected chi connectivity index (χ2v) is 2.18. The lowest BCUT2D eigenvalue weighted by Crippen LogP contribution is -2.67. The summed E-state index contributed by atoms with van der Waals surface area (Å²) in [6.45, 7) is 0. The van der Waals surface area contributed by atoms with Gasteiger partial charge in [0, 0.05) is 4.91 Å². The molecule has 5 nitrogen and oxygen atoms in total. The molecule has 1 N–H and O–H groups in total. The van der Waals surface area contributed by atoms with Crippen LogP contribution >= 0.6 is 0 Å². The van der Waals surface area contributed by atoms with E-state index in [4.69, 9.17) is 5.53 Å². The lowest BCUT2D eigenvalue weighted by Gasteiger charge is -2.34. The Morgan fingerprint density at radius 3 is 2.50 bits per heavy atom. The molecule has 1 heterocycles. The van der Waals surface area contributed by atoms with Crippen LogP contribution in [0, 0.1) is 0 Å². The number of nitrogens with one attached hydrogen (secondary N) is 1. The highest BCUT2D eigenvalue weighted by atomic mass is 19.4. The molecule has 12 heavy (non-hydrogen) atoms. The van der Waals surface area contributed by atoms with Crippen LogP contribution in [-0.2, 0) is 4.79 Å². The SMILES string of the molecule is [N-]=[N+]=N[C@@H]1C(=O)N[C@H]1C(F)(F)F. The third-order valence-corrected chi connectivity index (χ3v) is 1.41. The van der Waals surface area contributed by atoms with Gasteiger partial charge >= 0.3 is 6.18 Å². The summed E-state index contributed by atoms with van der Waals surface area (Å²) in [7, 11) is 0. The number of carbonyl (C=O) groups excluding carboxylic acids is 1. The van der Waals surface area contributed by atoms with Gasteiger partial charge in [-0.1, -0.05) is 5.11 Å². The van der Waals surface area contributed by atoms with E-state index in [1.54, 1.807) is 5.32 Å². The minimum Gasteiger partial charge on any atom is -0.343 e. The molecule has 2 atom stereocenters. The van der Waals surface area contributed by atoms with Gasteiger partial charge in [0.1, 0.15) is 12.1 Å². The first-order chi connectivity index (χ1) is 5.46. The molecule has 1 fully saturated rings. The van der Waals surface area contributed by atoms with Crippen LogP contribution in [0.25, 0.3) is 10.4 Å². The van der Waals surface area contributed by atoms with Crippen LogP contribution in [0.3, 0.4) is 0 Å². The van der Waals surface area contributed by atoms with E-state index >= 15 is 0 Å². The largest absolute Gasteiger partial charge is 0.409 e. The number of alkyl halides is 3. The number of rotatable bonds is 1. The van der Waals surface area contributed by atoms with Gasteiger partial charge in [0.15, 0.2) is 0 Å². The van der Waals surface area contributed by atoms with Gasteiger partial charge in [-0.15, -0.1) is 0 Å². The number of nitrogens with zero attached hydrogens (tertiary/aromatic N) is 3. The molecular formula is C4H3F3N4O. The topological polar surface area (TPSA) is 77.9 Å². The molecule has 0 aromatic heterocycles. The minimum atomic E-state index is -4.55. The van der Waals surface area contributed by atoms with Crippen molar-refractivity contribution in [2.24, 2.45) is 5.11 Å². The standard InChI is InChI=1S/C4H3F3N4O/c5-4(6,7)2-1(10-11-8)3(12)9-2/h1-2H,(H,9,12)/t1-,2+/m0/s1. The molecule has 0 unspecified atom stereocenters. The average molecular weight is 180 g/mol. The van der Waals surface area contributed by atoms with E-state index in [9.17, 15) is 18.0 Å². The Balaban J connectivity index is 2.73. The fourth-order valence-electron chi connectivity index (χ4n) is 0.808. The van der Waals surface area contributed by atoms with Crippen molar-refractivity contribution in [1.82, 2.24) is 5.32 Å². The van der Waals surface area contributed by atoms with Crippen LogP contribution < -0.4 is 5.32 Å². The highest BCUT2D eigenvalue weighted by Crippen LogP contribution is 2.29. The van der Waals surface area contributed by atoms with Crippen LogP contribution in [0.5, 0.6) is 0 Å². The molecule has 1 aliphatic rings. The smallest absolute Gasteiger partial charge is 0.343 e. The van der Waals surface area contributed by atoms with Gasteiger partial charge in [0.05, 0.1) is 0 Å². The molecule has 0 spiro atoms. The van der Waals surface area contributed by atoms with Crippen molar-refractivity contribution in [2.75, 3.05) is 0 Å². The molecular weight excluding hydrogens is 177 g/mol. The zero-order chi connectivity index (χ0) is 9.35. The Morgan fingerprint density at radius 1 is 1.58 bits per heavy atom. The molecule has 0 aromatic rings. The zero-order valence-corrected chi connectivity index (χ0v) is 5.54. The Bertz CT molecular complexity index is 254. The summed E-state index contributed by atoms with van der Waals surface area (Å²) in [6.07, 6.45) is -4.55. The predicted octanol–water partition coefficient (Wildman–Crippen LogP) is 0.726. The third-order valence-electron chi connectivity index (χ3n) is 1.41. The third kappa shape index (κ3) is 1.28. The molecule has 66 valence electrons. The number of azide groups is 1. The lowest BCUT2D eigenvalue weighted by molar-refractivity contribution is -0.184. The van der Waals surface area contributed by atoms with Crippen molar-refractivity contribution in [1.29, 1.82) is 0 Å². The van der Waals surface area contributed by atoms with Gasteiger partial charge in [0.2, 0.25) is 5.91 Å². The summed E-state index contributed by atoms with van der Waals surface area (Å²) in [5.74, 6) is -0.893. The molecule has 1 amide bonds. The first-order valence-corrected chi connectivity index (χ1v) is 2.88. The van der Waals surface area contributed by atoms with E-state index in [-0.39, 0.29) is 0 Å². The molecule has 1 saturated heterocycles. The quantitative estimate of drug-likeness (QED) is 0.274. The summed E-state index contributed by atoms with van der Waals surface area (Å²) < 4.78 is 35.5. The van der Waals surface area contributed by atoms with Gasteiger partial charge in [-0.2, -0.15) is 13.2 Å². The van der Waals surface area contributed by atoms with Gasteiger partial charge in [-0.3, -0.25) is 4.79 Å². The second kappa shape index (κ2) is 2.56. The maximum atomic E-state index is 11.8. The van der Waals surface area contributed by atoms with E-state index in [2.05, 4.69) is 10.0 Å². The van der Waals surface area contributed by atoms with Gasteiger partial charge in [-0.05, 0) is 5.53 Å². The van der Waals surface area contributed by atoms with Crippen molar-refractivity contribution in [3.8, 4) is 0 Å². The Morgan fingerprint density at radius 2 is 2.17 bits per heavy atom. The molecule has 0 radical (unpaired) electrons.